The molecule has 0 radical (unpaired) electrons. The van der Waals surface area contributed by atoms with Gasteiger partial charge in [0.15, 0.2) is 5.69 Å². The van der Waals surface area contributed by atoms with Crippen LogP contribution in [0.2, 0.25) is 0 Å². The molecule has 0 saturated heterocycles. The zero-order valence-electron chi connectivity index (χ0n) is 11.1. The normalized spacial score (nSPS) is 11.6. The van der Waals surface area contributed by atoms with Gasteiger partial charge >= 0.3 is 12.1 Å². The zero-order chi connectivity index (χ0) is 16.2. The first-order chi connectivity index (χ1) is 9.70. The Morgan fingerprint density at radius 1 is 1.38 bits per heavy atom. The van der Waals surface area contributed by atoms with E-state index in [0.29, 0.717) is 6.07 Å². The van der Waals surface area contributed by atoms with Crippen LogP contribution in [0.4, 0.5) is 22.0 Å². The summed E-state index contributed by atoms with van der Waals surface area (Å²) in [5.74, 6) is -1.79. The number of methoxy groups -OCH3 is 1. The number of nitrogens with zero attached hydrogens (tertiary/aromatic N) is 1. The molecule has 0 aliphatic heterocycles. The molecule has 0 unspecified atom stereocenters. The number of aromatic nitrogens is 1. The highest BCUT2D eigenvalue weighted by Crippen LogP contribution is 2.36. The standard InChI is InChI=1S/C12H12F5NO3/c1-3-21-8(19)5-6-4-7(10(13)14)11(20-2)18-9(6)12(15,16)17/h4,10H,3,5H2,1-2H3. The van der Waals surface area contributed by atoms with Gasteiger partial charge in [-0.15, -0.1) is 0 Å². The number of rotatable bonds is 5. The van der Waals surface area contributed by atoms with Crippen molar-refractivity contribution in [2.45, 2.75) is 25.9 Å². The van der Waals surface area contributed by atoms with Gasteiger partial charge in [0.2, 0.25) is 5.88 Å². The Hall–Kier alpha value is -1.93. The van der Waals surface area contributed by atoms with Gasteiger partial charge in [0.25, 0.3) is 6.43 Å². The minimum absolute atomic E-state index is 0.0362. The van der Waals surface area contributed by atoms with Crippen LogP contribution in [0.3, 0.4) is 0 Å². The Kier molecular flexibility index (Phi) is 5.45. The first-order valence-corrected chi connectivity index (χ1v) is 5.79. The van der Waals surface area contributed by atoms with Crippen LogP contribution in [0.25, 0.3) is 0 Å². The molecule has 0 aliphatic carbocycles. The smallest absolute Gasteiger partial charge is 0.433 e. The first kappa shape index (κ1) is 17.1. The second-order valence-corrected chi connectivity index (χ2v) is 3.87. The molecular weight excluding hydrogens is 301 g/mol. The molecule has 0 atom stereocenters. The number of ether oxygens (including phenoxy) is 2. The van der Waals surface area contributed by atoms with Crippen LogP contribution in [0.1, 0.15) is 30.2 Å². The Balaban J connectivity index is 3.36. The second kappa shape index (κ2) is 6.68. The molecule has 0 bridgehead atoms. The quantitative estimate of drug-likeness (QED) is 0.619. The lowest BCUT2D eigenvalue weighted by molar-refractivity contribution is -0.144. The van der Waals surface area contributed by atoms with Gasteiger partial charge in [-0.05, 0) is 18.6 Å². The minimum Gasteiger partial charge on any atom is -0.481 e. The van der Waals surface area contributed by atoms with Crippen molar-refractivity contribution in [3.63, 3.8) is 0 Å². The number of pyridine rings is 1. The van der Waals surface area contributed by atoms with E-state index in [2.05, 4.69) is 14.5 Å². The summed E-state index contributed by atoms with van der Waals surface area (Å²) in [6.45, 7) is 1.44. The Bertz CT molecular complexity index is 516. The SMILES string of the molecule is CCOC(=O)Cc1cc(C(F)F)c(OC)nc1C(F)(F)F. The largest absolute Gasteiger partial charge is 0.481 e. The van der Waals surface area contributed by atoms with Crippen LogP contribution in [0.5, 0.6) is 5.88 Å². The third kappa shape index (κ3) is 4.27. The van der Waals surface area contributed by atoms with Gasteiger partial charge in [-0.3, -0.25) is 4.79 Å². The van der Waals surface area contributed by atoms with Gasteiger partial charge in [-0.2, -0.15) is 13.2 Å². The van der Waals surface area contributed by atoms with Crippen LogP contribution < -0.4 is 4.74 Å². The van der Waals surface area contributed by atoms with Crippen molar-refractivity contribution < 1.29 is 36.2 Å². The topological polar surface area (TPSA) is 48.4 Å². The summed E-state index contributed by atoms with van der Waals surface area (Å²) < 4.78 is 73.2. The molecule has 0 aromatic carbocycles. The zero-order valence-corrected chi connectivity index (χ0v) is 11.1. The summed E-state index contributed by atoms with van der Waals surface area (Å²) in [7, 11) is 0.930. The molecule has 1 aromatic rings. The number of alkyl halides is 5. The van der Waals surface area contributed by atoms with E-state index in [1.807, 2.05) is 0 Å². The minimum atomic E-state index is -4.91. The van der Waals surface area contributed by atoms with Gasteiger partial charge < -0.3 is 9.47 Å². The van der Waals surface area contributed by atoms with Crippen molar-refractivity contribution in [2.24, 2.45) is 0 Å². The third-order valence-corrected chi connectivity index (χ3v) is 2.43. The lowest BCUT2D eigenvalue weighted by Crippen LogP contribution is -2.17. The molecule has 0 fully saturated rings. The monoisotopic (exact) mass is 313 g/mol. The molecule has 4 nitrogen and oxygen atoms in total. The molecule has 0 N–H and O–H groups in total. The lowest BCUT2D eigenvalue weighted by atomic mass is 10.1. The second-order valence-electron chi connectivity index (χ2n) is 3.87. The number of carbonyl (C=O) groups excluding carboxylic acids is 1. The fourth-order valence-corrected chi connectivity index (χ4v) is 1.62. The Morgan fingerprint density at radius 3 is 2.43 bits per heavy atom. The number of carbonyl (C=O) groups is 1. The highest BCUT2D eigenvalue weighted by Gasteiger charge is 2.38. The summed E-state index contributed by atoms with van der Waals surface area (Å²) in [5, 5.41) is 0. The maximum absolute atomic E-state index is 12.9. The van der Waals surface area contributed by atoms with Crippen molar-refractivity contribution in [3.8, 4) is 5.88 Å². The molecule has 0 spiro atoms. The Labute approximate surface area is 116 Å². The van der Waals surface area contributed by atoms with Gasteiger partial charge in [0, 0.05) is 0 Å². The number of hydrogen-bond acceptors (Lipinski definition) is 4. The van der Waals surface area contributed by atoms with Crippen molar-refractivity contribution in [2.75, 3.05) is 13.7 Å². The average molecular weight is 313 g/mol. The van der Waals surface area contributed by atoms with Crippen LogP contribution in [-0.4, -0.2) is 24.7 Å². The number of hydrogen-bond donors (Lipinski definition) is 0. The molecular formula is C12H12F5NO3. The van der Waals surface area contributed by atoms with Gasteiger partial charge in [0.1, 0.15) is 0 Å². The molecule has 21 heavy (non-hydrogen) atoms. The fourth-order valence-electron chi connectivity index (χ4n) is 1.62. The van der Waals surface area contributed by atoms with E-state index in [1.165, 1.54) is 6.92 Å². The molecule has 0 saturated carbocycles. The predicted octanol–water partition coefficient (Wildman–Crippen LogP) is 3.15. The van der Waals surface area contributed by atoms with Crippen LogP contribution in [-0.2, 0) is 22.1 Å². The predicted molar refractivity (Wildman–Crippen MR) is 61.1 cm³/mol. The van der Waals surface area contributed by atoms with E-state index in [1.54, 1.807) is 0 Å². The van der Waals surface area contributed by atoms with Crippen molar-refractivity contribution in [3.05, 3.63) is 22.9 Å². The first-order valence-electron chi connectivity index (χ1n) is 5.79. The van der Waals surface area contributed by atoms with Crippen molar-refractivity contribution in [1.82, 2.24) is 4.98 Å². The molecule has 1 aromatic heterocycles. The van der Waals surface area contributed by atoms with Crippen molar-refractivity contribution in [1.29, 1.82) is 0 Å². The summed E-state index contributed by atoms with van der Waals surface area (Å²) in [4.78, 5) is 14.4. The van der Waals surface area contributed by atoms with Crippen LogP contribution >= 0.6 is 0 Å². The van der Waals surface area contributed by atoms with E-state index in [4.69, 9.17) is 0 Å². The van der Waals surface area contributed by atoms with E-state index < -0.39 is 47.7 Å². The van der Waals surface area contributed by atoms with E-state index in [-0.39, 0.29) is 6.61 Å². The van der Waals surface area contributed by atoms with Gasteiger partial charge in [-0.1, -0.05) is 0 Å². The highest BCUT2D eigenvalue weighted by atomic mass is 19.4. The third-order valence-electron chi connectivity index (χ3n) is 2.43. The highest BCUT2D eigenvalue weighted by molar-refractivity contribution is 5.73. The maximum atomic E-state index is 12.9. The molecule has 1 rings (SSSR count). The molecule has 9 heteroatoms. The summed E-state index contributed by atoms with van der Waals surface area (Å²) in [5.41, 5.74) is -2.95. The summed E-state index contributed by atoms with van der Waals surface area (Å²) >= 11 is 0. The molecule has 118 valence electrons. The summed E-state index contributed by atoms with van der Waals surface area (Å²) in [6, 6.07) is 0.566. The summed E-state index contributed by atoms with van der Waals surface area (Å²) in [6.07, 6.45) is -8.80. The molecule has 0 amide bonds. The Morgan fingerprint density at radius 2 is 2.00 bits per heavy atom. The van der Waals surface area contributed by atoms with Gasteiger partial charge in [-0.25, -0.2) is 13.8 Å². The van der Waals surface area contributed by atoms with E-state index in [0.717, 1.165) is 7.11 Å². The lowest BCUT2D eigenvalue weighted by Gasteiger charge is -2.15. The fraction of sp³-hybridized carbons (Fsp3) is 0.500. The number of esters is 1. The molecule has 1 heterocycles. The van der Waals surface area contributed by atoms with E-state index >= 15 is 0 Å². The maximum Gasteiger partial charge on any atom is 0.433 e. The number of halogens is 5. The van der Waals surface area contributed by atoms with Crippen LogP contribution in [0, 0.1) is 0 Å². The average Bonchev–Trinajstić information content (AvgIpc) is 2.37. The van der Waals surface area contributed by atoms with Crippen LogP contribution in [0.15, 0.2) is 6.07 Å². The molecule has 0 aliphatic rings. The van der Waals surface area contributed by atoms with E-state index in [9.17, 15) is 26.7 Å². The van der Waals surface area contributed by atoms with Crippen molar-refractivity contribution >= 4 is 5.97 Å². The van der Waals surface area contributed by atoms with Gasteiger partial charge in [0.05, 0.1) is 25.7 Å².